The van der Waals surface area contributed by atoms with E-state index in [4.69, 9.17) is 0 Å². The summed E-state index contributed by atoms with van der Waals surface area (Å²) in [6, 6.07) is 9.30. The molecule has 21 heavy (non-hydrogen) atoms. The maximum Gasteiger partial charge on any atom is 0.253 e. The highest BCUT2D eigenvalue weighted by molar-refractivity contribution is 5.94. The van der Waals surface area contributed by atoms with Gasteiger partial charge >= 0.3 is 0 Å². The van der Waals surface area contributed by atoms with E-state index in [1.807, 2.05) is 35.2 Å². The van der Waals surface area contributed by atoms with Crippen LogP contribution in [0.3, 0.4) is 0 Å². The Kier molecular flexibility index (Phi) is 5.51. The zero-order chi connectivity index (χ0) is 15.1. The standard InChI is InChI=1S/C16H21N3O2/c1-2-8-17-15(20)13-18-9-11-19(12-10-18)16(21)14-6-4-3-5-7-14/h2-7H,1,8-13H2,(H,17,20). The van der Waals surface area contributed by atoms with Crippen LogP contribution in [-0.4, -0.2) is 60.9 Å². The van der Waals surface area contributed by atoms with Gasteiger partial charge in [0.1, 0.15) is 0 Å². The van der Waals surface area contributed by atoms with E-state index in [0.29, 0.717) is 26.2 Å². The Morgan fingerprint density at radius 1 is 1.14 bits per heavy atom. The van der Waals surface area contributed by atoms with Crippen LogP contribution in [0.2, 0.25) is 0 Å². The summed E-state index contributed by atoms with van der Waals surface area (Å²) >= 11 is 0. The predicted octanol–water partition coefficient (Wildman–Crippen LogP) is 0.747. The molecule has 1 fully saturated rings. The normalized spacial score (nSPS) is 15.5. The van der Waals surface area contributed by atoms with Gasteiger partial charge in [0.25, 0.3) is 5.91 Å². The van der Waals surface area contributed by atoms with Crippen molar-refractivity contribution in [1.29, 1.82) is 0 Å². The van der Waals surface area contributed by atoms with Gasteiger partial charge in [-0.15, -0.1) is 6.58 Å². The quantitative estimate of drug-likeness (QED) is 0.813. The zero-order valence-corrected chi connectivity index (χ0v) is 12.1. The Morgan fingerprint density at radius 3 is 2.43 bits per heavy atom. The Balaban J connectivity index is 1.79. The second-order valence-corrected chi connectivity index (χ2v) is 5.03. The molecule has 1 aromatic rings. The van der Waals surface area contributed by atoms with Gasteiger partial charge in [0.2, 0.25) is 5.91 Å². The van der Waals surface area contributed by atoms with Crippen molar-refractivity contribution in [2.24, 2.45) is 0 Å². The van der Waals surface area contributed by atoms with Crippen molar-refractivity contribution in [3.05, 3.63) is 48.6 Å². The number of benzene rings is 1. The zero-order valence-electron chi connectivity index (χ0n) is 12.1. The van der Waals surface area contributed by atoms with Crippen molar-refractivity contribution in [1.82, 2.24) is 15.1 Å². The van der Waals surface area contributed by atoms with Crippen molar-refractivity contribution in [2.45, 2.75) is 0 Å². The van der Waals surface area contributed by atoms with Crippen LogP contribution < -0.4 is 5.32 Å². The van der Waals surface area contributed by atoms with Gasteiger partial charge in [-0.3, -0.25) is 14.5 Å². The molecule has 0 atom stereocenters. The molecule has 0 saturated carbocycles. The molecule has 5 nitrogen and oxygen atoms in total. The molecule has 0 spiro atoms. The van der Waals surface area contributed by atoms with Crippen LogP contribution in [0.5, 0.6) is 0 Å². The molecule has 0 aromatic heterocycles. The summed E-state index contributed by atoms with van der Waals surface area (Å²) in [5.41, 5.74) is 0.717. The average Bonchev–Trinajstić information content (AvgIpc) is 2.54. The van der Waals surface area contributed by atoms with E-state index in [0.717, 1.165) is 18.7 Å². The van der Waals surface area contributed by atoms with Gasteiger partial charge in [-0.05, 0) is 12.1 Å². The van der Waals surface area contributed by atoms with E-state index in [-0.39, 0.29) is 11.8 Å². The summed E-state index contributed by atoms with van der Waals surface area (Å²) in [7, 11) is 0. The number of nitrogens with zero attached hydrogens (tertiary/aromatic N) is 2. The number of amides is 2. The molecular formula is C16H21N3O2. The van der Waals surface area contributed by atoms with E-state index in [1.165, 1.54) is 0 Å². The minimum absolute atomic E-state index is 0.00210. The number of piperazine rings is 1. The van der Waals surface area contributed by atoms with Gasteiger partial charge in [-0.2, -0.15) is 0 Å². The largest absolute Gasteiger partial charge is 0.352 e. The molecule has 2 amide bonds. The fourth-order valence-corrected chi connectivity index (χ4v) is 2.32. The van der Waals surface area contributed by atoms with Crippen molar-refractivity contribution < 1.29 is 9.59 Å². The third-order valence-electron chi connectivity index (χ3n) is 3.49. The first-order valence-corrected chi connectivity index (χ1v) is 7.15. The molecule has 0 aliphatic carbocycles. The van der Waals surface area contributed by atoms with Crippen molar-refractivity contribution in [2.75, 3.05) is 39.3 Å². The number of hydrogen-bond acceptors (Lipinski definition) is 3. The molecule has 1 saturated heterocycles. The molecular weight excluding hydrogens is 266 g/mol. The summed E-state index contributed by atoms with van der Waals surface area (Å²) in [5.74, 6) is 0.0593. The van der Waals surface area contributed by atoms with Gasteiger partial charge in [-0.1, -0.05) is 24.3 Å². The first-order chi connectivity index (χ1) is 10.2. The van der Waals surface area contributed by atoms with Crippen LogP contribution in [0.25, 0.3) is 0 Å². The molecule has 0 radical (unpaired) electrons. The van der Waals surface area contributed by atoms with Crippen LogP contribution in [-0.2, 0) is 4.79 Å². The maximum absolute atomic E-state index is 12.3. The average molecular weight is 287 g/mol. The first kappa shape index (κ1) is 15.3. The summed E-state index contributed by atoms with van der Waals surface area (Å²) < 4.78 is 0. The topological polar surface area (TPSA) is 52.7 Å². The lowest BCUT2D eigenvalue weighted by Crippen LogP contribution is -2.51. The van der Waals surface area contributed by atoms with Gasteiger partial charge in [0.15, 0.2) is 0 Å². The number of carbonyl (C=O) groups is 2. The van der Waals surface area contributed by atoms with Crippen molar-refractivity contribution >= 4 is 11.8 Å². The highest BCUT2D eigenvalue weighted by Crippen LogP contribution is 2.08. The molecule has 0 bridgehead atoms. The van der Waals surface area contributed by atoms with Crippen LogP contribution in [0.4, 0.5) is 0 Å². The molecule has 5 heteroatoms. The van der Waals surface area contributed by atoms with Gasteiger partial charge in [-0.25, -0.2) is 0 Å². The highest BCUT2D eigenvalue weighted by Gasteiger charge is 2.22. The first-order valence-electron chi connectivity index (χ1n) is 7.15. The molecule has 112 valence electrons. The third-order valence-corrected chi connectivity index (χ3v) is 3.49. The SMILES string of the molecule is C=CCNC(=O)CN1CCN(C(=O)c2ccccc2)CC1. The number of carbonyl (C=O) groups excluding carboxylic acids is 2. The monoisotopic (exact) mass is 287 g/mol. The van der Waals surface area contributed by atoms with Gasteiger partial charge < -0.3 is 10.2 Å². The van der Waals surface area contributed by atoms with E-state index in [2.05, 4.69) is 16.8 Å². The lowest BCUT2D eigenvalue weighted by molar-refractivity contribution is -0.122. The lowest BCUT2D eigenvalue weighted by Gasteiger charge is -2.34. The van der Waals surface area contributed by atoms with E-state index in [9.17, 15) is 9.59 Å². The molecule has 2 rings (SSSR count). The molecule has 1 N–H and O–H groups in total. The molecule has 1 heterocycles. The molecule has 1 aromatic carbocycles. The molecule has 1 aliphatic heterocycles. The minimum atomic E-state index is -0.00210. The van der Waals surface area contributed by atoms with E-state index >= 15 is 0 Å². The van der Waals surface area contributed by atoms with E-state index in [1.54, 1.807) is 6.08 Å². The maximum atomic E-state index is 12.3. The second kappa shape index (κ2) is 7.59. The van der Waals surface area contributed by atoms with Gasteiger partial charge in [0, 0.05) is 38.3 Å². The molecule has 1 aliphatic rings. The van der Waals surface area contributed by atoms with Crippen molar-refractivity contribution in [3.63, 3.8) is 0 Å². The fraction of sp³-hybridized carbons (Fsp3) is 0.375. The highest BCUT2D eigenvalue weighted by atomic mass is 16.2. The van der Waals surface area contributed by atoms with Gasteiger partial charge in [0.05, 0.1) is 6.54 Å². The summed E-state index contributed by atoms with van der Waals surface area (Å²) in [5, 5.41) is 2.76. The smallest absolute Gasteiger partial charge is 0.253 e. The predicted molar refractivity (Wildman–Crippen MR) is 82.0 cm³/mol. The number of rotatable bonds is 5. The van der Waals surface area contributed by atoms with Crippen LogP contribution >= 0.6 is 0 Å². The summed E-state index contributed by atoms with van der Waals surface area (Å²) in [4.78, 5) is 27.8. The van der Waals surface area contributed by atoms with Crippen LogP contribution in [0, 0.1) is 0 Å². The lowest BCUT2D eigenvalue weighted by atomic mass is 10.2. The minimum Gasteiger partial charge on any atom is -0.352 e. The van der Waals surface area contributed by atoms with E-state index < -0.39 is 0 Å². The van der Waals surface area contributed by atoms with Crippen LogP contribution in [0.15, 0.2) is 43.0 Å². The summed E-state index contributed by atoms with van der Waals surface area (Å²) in [6.07, 6.45) is 1.66. The second-order valence-electron chi connectivity index (χ2n) is 5.03. The Bertz CT molecular complexity index is 494. The summed E-state index contributed by atoms with van der Waals surface area (Å²) in [6.45, 7) is 7.19. The molecule has 0 unspecified atom stereocenters. The Morgan fingerprint density at radius 2 is 1.81 bits per heavy atom. The third kappa shape index (κ3) is 4.43. The van der Waals surface area contributed by atoms with Crippen molar-refractivity contribution in [3.8, 4) is 0 Å². The Hall–Kier alpha value is -2.14. The van der Waals surface area contributed by atoms with Crippen LogP contribution in [0.1, 0.15) is 10.4 Å². The fourth-order valence-electron chi connectivity index (χ4n) is 2.32. The Labute approximate surface area is 125 Å². The number of nitrogens with one attached hydrogen (secondary N) is 1. The number of hydrogen-bond donors (Lipinski definition) is 1.